The zero-order valence-electron chi connectivity index (χ0n) is 11.5. The molecular weight excluding hydrogens is 290 g/mol. The second-order valence-electron chi connectivity index (χ2n) is 5.06. The van der Waals surface area contributed by atoms with E-state index in [1.807, 2.05) is 18.2 Å². The van der Waals surface area contributed by atoms with Crippen LogP contribution < -0.4 is 9.46 Å². The van der Waals surface area contributed by atoms with Crippen LogP contribution in [0.1, 0.15) is 16.7 Å². The first-order valence-corrected chi connectivity index (χ1v) is 8.51. The highest BCUT2D eigenvalue weighted by atomic mass is 32.2. The molecule has 5 nitrogen and oxygen atoms in total. The molecular formula is C15H17NO4S. The van der Waals surface area contributed by atoms with Gasteiger partial charge >= 0.3 is 0 Å². The Hall–Kier alpha value is -1.79. The van der Waals surface area contributed by atoms with E-state index < -0.39 is 10.0 Å². The number of hydrogen-bond donors (Lipinski definition) is 1. The highest BCUT2D eigenvalue weighted by molar-refractivity contribution is 7.89. The van der Waals surface area contributed by atoms with Crippen molar-refractivity contribution in [1.29, 1.82) is 0 Å². The molecule has 0 bridgehead atoms. The molecule has 0 atom stereocenters. The molecule has 1 aliphatic heterocycles. The van der Waals surface area contributed by atoms with E-state index in [0.717, 1.165) is 28.9 Å². The van der Waals surface area contributed by atoms with Crippen molar-refractivity contribution in [2.24, 2.45) is 0 Å². The maximum absolute atomic E-state index is 12.0. The van der Waals surface area contributed by atoms with E-state index >= 15 is 0 Å². The Kier molecular flexibility index (Phi) is 3.98. The normalized spacial score (nSPS) is 13.9. The summed E-state index contributed by atoms with van der Waals surface area (Å²) >= 11 is 0. The zero-order chi connectivity index (χ0) is 14.7. The highest BCUT2D eigenvalue weighted by Gasteiger charge is 2.14. The predicted molar refractivity (Wildman–Crippen MR) is 78.7 cm³/mol. The topological polar surface area (TPSA) is 68.5 Å². The minimum Gasteiger partial charge on any atom is -0.493 e. The smallest absolute Gasteiger partial charge is 0.212 e. The molecule has 6 heteroatoms. The van der Waals surface area contributed by atoms with Gasteiger partial charge in [0.15, 0.2) is 0 Å². The highest BCUT2D eigenvalue weighted by Crippen LogP contribution is 2.26. The number of ether oxygens (including phenoxy) is 1. The van der Waals surface area contributed by atoms with Crippen molar-refractivity contribution in [3.63, 3.8) is 0 Å². The molecule has 0 spiro atoms. The number of hydrogen-bond acceptors (Lipinski definition) is 4. The van der Waals surface area contributed by atoms with Crippen LogP contribution in [0.5, 0.6) is 5.75 Å². The van der Waals surface area contributed by atoms with Gasteiger partial charge in [0.1, 0.15) is 5.75 Å². The summed E-state index contributed by atoms with van der Waals surface area (Å²) in [7, 11) is -3.29. The van der Waals surface area contributed by atoms with Crippen molar-refractivity contribution in [3.05, 3.63) is 53.5 Å². The van der Waals surface area contributed by atoms with Crippen LogP contribution in [0.15, 0.2) is 41.2 Å². The summed E-state index contributed by atoms with van der Waals surface area (Å²) in [6.45, 7) is 0.972. The molecule has 0 fully saturated rings. The Morgan fingerprint density at radius 2 is 2.10 bits per heavy atom. The first-order chi connectivity index (χ1) is 10.1. The monoisotopic (exact) mass is 307 g/mol. The van der Waals surface area contributed by atoms with Gasteiger partial charge in [-0.2, -0.15) is 0 Å². The van der Waals surface area contributed by atoms with E-state index in [9.17, 15) is 8.42 Å². The quantitative estimate of drug-likeness (QED) is 0.884. The van der Waals surface area contributed by atoms with Crippen LogP contribution in [0, 0.1) is 0 Å². The van der Waals surface area contributed by atoms with Crippen molar-refractivity contribution in [3.8, 4) is 5.75 Å². The van der Waals surface area contributed by atoms with Crippen LogP contribution in [-0.2, 0) is 29.4 Å². The maximum Gasteiger partial charge on any atom is 0.212 e. The van der Waals surface area contributed by atoms with Gasteiger partial charge in [-0.3, -0.25) is 0 Å². The fourth-order valence-corrected chi connectivity index (χ4v) is 3.34. The van der Waals surface area contributed by atoms with Gasteiger partial charge in [0, 0.05) is 18.5 Å². The Morgan fingerprint density at radius 3 is 2.90 bits per heavy atom. The molecule has 3 rings (SSSR count). The second-order valence-corrected chi connectivity index (χ2v) is 6.99. The number of aryl methyl sites for hydroxylation is 1. The van der Waals surface area contributed by atoms with Crippen LogP contribution in [0.25, 0.3) is 0 Å². The summed E-state index contributed by atoms with van der Waals surface area (Å²) in [6.07, 6.45) is 4.45. The molecule has 0 amide bonds. The summed E-state index contributed by atoms with van der Waals surface area (Å²) in [5, 5.41) is 0. The fraction of sp³-hybridized carbons (Fsp3) is 0.333. The van der Waals surface area contributed by atoms with Crippen molar-refractivity contribution < 1.29 is 17.6 Å². The van der Waals surface area contributed by atoms with Crippen molar-refractivity contribution in [1.82, 2.24) is 4.72 Å². The van der Waals surface area contributed by atoms with Crippen LogP contribution in [0.2, 0.25) is 0 Å². The fourth-order valence-electron chi connectivity index (χ4n) is 2.31. The second kappa shape index (κ2) is 5.91. The molecule has 112 valence electrons. The summed E-state index contributed by atoms with van der Waals surface area (Å²) in [5.74, 6) is 0.990. The maximum atomic E-state index is 12.0. The third-order valence-electron chi connectivity index (χ3n) is 3.49. The first kappa shape index (κ1) is 14.2. The van der Waals surface area contributed by atoms with Crippen LogP contribution in [0.3, 0.4) is 0 Å². The Bertz CT molecular complexity index is 707. The van der Waals surface area contributed by atoms with E-state index in [-0.39, 0.29) is 12.3 Å². The number of benzene rings is 1. The average Bonchev–Trinajstić information content (AvgIpc) is 3.13. The van der Waals surface area contributed by atoms with Crippen molar-refractivity contribution >= 4 is 10.0 Å². The largest absolute Gasteiger partial charge is 0.493 e. The number of nitrogens with one attached hydrogen (secondary N) is 1. The Morgan fingerprint density at radius 1 is 1.19 bits per heavy atom. The van der Waals surface area contributed by atoms with Crippen LogP contribution in [0.4, 0.5) is 0 Å². The lowest BCUT2D eigenvalue weighted by molar-refractivity contribution is 0.357. The molecule has 0 saturated heterocycles. The third kappa shape index (κ3) is 3.65. The summed E-state index contributed by atoms with van der Waals surface area (Å²) in [4.78, 5) is 0. The molecule has 2 heterocycles. The number of rotatable bonds is 6. The average molecular weight is 307 g/mol. The van der Waals surface area contributed by atoms with Gasteiger partial charge in [-0.15, -0.1) is 0 Å². The van der Waals surface area contributed by atoms with Crippen molar-refractivity contribution in [2.45, 2.75) is 19.4 Å². The lowest BCUT2D eigenvalue weighted by Gasteiger charge is -2.07. The van der Waals surface area contributed by atoms with Gasteiger partial charge in [-0.1, -0.05) is 12.1 Å². The molecule has 21 heavy (non-hydrogen) atoms. The lowest BCUT2D eigenvalue weighted by atomic mass is 10.1. The minimum absolute atomic E-state index is 0.0739. The lowest BCUT2D eigenvalue weighted by Crippen LogP contribution is -2.26. The first-order valence-electron chi connectivity index (χ1n) is 6.85. The molecule has 0 radical (unpaired) electrons. The van der Waals surface area contributed by atoms with Gasteiger partial charge in [-0.25, -0.2) is 13.1 Å². The van der Waals surface area contributed by atoms with E-state index in [2.05, 4.69) is 4.72 Å². The van der Waals surface area contributed by atoms with E-state index in [0.29, 0.717) is 13.0 Å². The summed E-state index contributed by atoms with van der Waals surface area (Å²) < 4.78 is 36.8. The molecule has 1 aliphatic rings. The standard InChI is InChI=1S/C15H17NO4S/c17-21(18,16-10-13-3-6-19-11-13)8-5-12-1-2-15-14(9-12)4-7-20-15/h1-3,6,9,11,16H,4-5,7-8,10H2. The SMILES string of the molecule is O=S(=O)(CCc1ccc2c(c1)CCO2)NCc1ccoc1. The van der Waals surface area contributed by atoms with Gasteiger partial charge in [-0.05, 0) is 29.7 Å². The summed E-state index contributed by atoms with van der Waals surface area (Å²) in [6, 6.07) is 7.62. The van der Waals surface area contributed by atoms with E-state index in [4.69, 9.17) is 9.15 Å². The molecule has 0 aliphatic carbocycles. The minimum atomic E-state index is -3.29. The molecule has 0 unspecified atom stereocenters. The van der Waals surface area contributed by atoms with Crippen LogP contribution in [-0.4, -0.2) is 20.8 Å². The van der Waals surface area contributed by atoms with Gasteiger partial charge in [0.25, 0.3) is 0 Å². The Balaban J connectivity index is 1.56. The van der Waals surface area contributed by atoms with Crippen LogP contribution >= 0.6 is 0 Å². The van der Waals surface area contributed by atoms with Gasteiger partial charge in [0.05, 0.1) is 24.9 Å². The molecule has 2 aromatic rings. The Labute approximate surface area is 124 Å². The molecule has 1 N–H and O–H groups in total. The van der Waals surface area contributed by atoms with E-state index in [1.54, 1.807) is 6.07 Å². The summed E-state index contributed by atoms with van der Waals surface area (Å²) in [5.41, 5.74) is 3.00. The zero-order valence-corrected chi connectivity index (χ0v) is 12.4. The third-order valence-corrected chi connectivity index (χ3v) is 4.82. The molecule has 1 aromatic carbocycles. The van der Waals surface area contributed by atoms with Gasteiger partial charge < -0.3 is 9.15 Å². The number of fused-ring (bicyclic) bond motifs is 1. The predicted octanol–water partition coefficient (Wildman–Crippen LogP) is 1.88. The molecule has 0 saturated carbocycles. The molecule has 1 aromatic heterocycles. The number of furan rings is 1. The van der Waals surface area contributed by atoms with Gasteiger partial charge in [0.2, 0.25) is 10.0 Å². The van der Waals surface area contributed by atoms with Crippen molar-refractivity contribution in [2.75, 3.05) is 12.4 Å². The number of sulfonamides is 1. The van der Waals surface area contributed by atoms with E-state index in [1.165, 1.54) is 12.5 Å².